The highest BCUT2D eigenvalue weighted by molar-refractivity contribution is 9.10. The van der Waals surface area contributed by atoms with Crippen molar-refractivity contribution in [2.24, 2.45) is 0 Å². The van der Waals surface area contributed by atoms with Gasteiger partial charge in [0.2, 0.25) is 0 Å². The van der Waals surface area contributed by atoms with Crippen molar-refractivity contribution in [2.75, 3.05) is 4.72 Å². The van der Waals surface area contributed by atoms with Crippen molar-refractivity contribution in [1.29, 1.82) is 0 Å². The number of anilines is 1. The molecule has 1 heterocycles. The van der Waals surface area contributed by atoms with Gasteiger partial charge in [-0.05, 0) is 53.2 Å². The van der Waals surface area contributed by atoms with Crippen LogP contribution in [-0.4, -0.2) is 24.5 Å². The van der Waals surface area contributed by atoms with Crippen molar-refractivity contribution in [3.63, 3.8) is 0 Å². The lowest BCUT2D eigenvalue weighted by atomic mass is 10.2. The maximum absolute atomic E-state index is 12.4. The van der Waals surface area contributed by atoms with Crippen LogP contribution in [0.3, 0.4) is 0 Å². The minimum Gasteiger partial charge on any atom is -0.478 e. The Morgan fingerprint density at radius 2 is 2.05 bits per heavy atom. The van der Waals surface area contributed by atoms with Crippen LogP contribution in [-0.2, 0) is 10.0 Å². The Morgan fingerprint density at radius 1 is 1.33 bits per heavy atom. The van der Waals surface area contributed by atoms with E-state index >= 15 is 0 Å². The molecule has 2 aromatic rings. The standard InChI is InChI=1S/C13H11BrN2O4S/c1-8-11(3-2-6-15-8)16-21(19,20)12-7-9(13(17)18)4-5-10(12)14/h2-7,16H,1H3,(H,17,18). The summed E-state index contributed by atoms with van der Waals surface area (Å²) in [7, 11) is -3.92. The van der Waals surface area contributed by atoms with Gasteiger partial charge in [0.25, 0.3) is 10.0 Å². The number of nitrogens with one attached hydrogen (secondary N) is 1. The fraction of sp³-hybridized carbons (Fsp3) is 0.0769. The van der Waals surface area contributed by atoms with Gasteiger partial charge in [-0.15, -0.1) is 0 Å². The lowest BCUT2D eigenvalue weighted by molar-refractivity contribution is 0.0696. The van der Waals surface area contributed by atoms with Crippen LogP contribution in [0.4, 0.5) is 5.69 Å². The minimum absolute atomic E-state index is 0.110. The minimum atomic E-state index is -3.92. The summed E-state index contributed by atoms with van der Waals surface area (Å²) in [5, 5.41) is 8.96. The van der Waals surface area contributed by atoms with E-state index in [1.165, 1.54) is 12.1 Å². The molecule has 0 spiro atoms. The summed E-state index contributed by atoms with van der Waals surface area (Å²) in [6.45, 7) is 1.67. The number of benzene rings is 1. The van der Waals surface area contributed by atoms with E-state index in [-0.39, 0.29) is 14.9 Å². The van der Waals surface area contributed by atoms with Crippen LogP contribution < -0.4 is 4.72 Å². The average Bonchev–Trinajstić information content (AvgIpc) is 2.41. The van der Waals surface area contributed by atoms with Gasteiger partial charge >= 0.3 is 5.97 Å². The monoisotopic (exact) mass is 370 g/mol. The fourth-order valence-electron chi connectivity index (χ4n) is 1.63. The molecule has 0 unspecified atom stereocenters. The number of carboxylic acids is 1. The number of aromatic nitrogens is 1. The molecule has 0 saturated carbocycles. The van der Waals surface area contributed by atoms with Crippen molar-refractivity contribution in [1.82, 2.24) is 4.98 Å². The largest absolute Gasteiger partial charge is 0.478 e. The van der Waals surface area contributed by atoms with Gasteiger partial charge in [0.05, 0.1) is 16.9 Å². The van der Waals surface area contributed by atoms with E-state index < -0.39 is 16.0 Å². The smallest absolute Gasteiger partial charge is 0.335 e. The number of rotatable bonds is 4. The number of carboxylic acid groups (broad SMARTS) is 1. The molecule has 0 fully saturated rings. The maximum Gasteiger partial charge on any atom is 0.335 e. The molecule has 0 amide bonds. The number of nitrogens with zero attached hydrogens (tertiary/aromatic N) is 1. The molecule has 1 aromatic heterocycles. The molecule has 8 heteroatoms. The molecule has 1 aromatic carbocycles. The second-order valence-corrected chi connectivity index (χ2v) is 6.70. The molecule has 0 radical (unpaired) electrons. The van der Waals surface area contributed by atoms with Crippen LogP contribution in [0.15, 0.2) is 45.9 Å². The third-order valence-corrected chi connectivity index (χ3v) is 5.08. The Balaban J connectivity index is 2.47. The van der Waals surface area contributed by atoms with Gasteiger partial charge in [-0.25, -0.2) is 13.2 Å². The zero-order chi connectivity index (χ0) is 15.6. The van der Waals surface area contributed by atoms with E-state index in [9.17, 15) is 13.2 Å². The van der Waals surface area contributed by atoms with E-state index in [4.69, 9.17) is 5.11 Å². The van der Waals surface area contributed by atoms with Gasteiger partial charge in [-0.3, -0.25) is 9.71 Å². The first-order valence-corrected chi connectivity index (χ1v) is 8.06. The van der Waals surface area contributed by atoms with Crippen molar-refractivity contribution < 1.29 is 18.3 Å². The summed E-state index contributed by atoms with van der Waals surface area (Å²) in [4.78, 5) is 14.8. The number of aromatic carboxylic acids is 1. The fourth-order valence-corrected chi connectivity index (χ4v) is 3.74. The van der Waals surface area contributed by atoms with E-state index in [1.807, 2.05) is 0 Å². The Hall–Kier alpha value is -1.93. The third kappa shape index (κ3) is 3.40. The second kappa shape index (κ2) is 5.82. The number of hydrogen-bond acceptors (Lipinski definition) is 4. The first-order valence-electron chi connectivity index (χ1n) is 5.78. The molecule has 0 atom stereocenters. The van der Waals surface area contributed by atoms with Gasteiger partial charge in [-0.1, -0.05) is 0 Å². The van der Waals surface area contributed by atoms with Gasteiger partial charge in [-0.2, -0.15) is 0 Å². The van der Waals surface area contributed by atoms with E-state index in [1.54, 1.807) is 25.3 Å². The lowest BCUT2D eigenvalue weighted by Crippen LogP contribution is -2.15. The normalized spacial score (nSPS) is 11.1. The maximum atomic E-state index is 12.4. The summed E-state index contributed by atoms with van der Waals surface area (Å²) >= 11 is 3.12. The number of hydrogen-bond donors (Lipinski definition) is 2. The topological polar surface area (TPSA) is 96.4 Å². The highest BCUT2D eigenvalue weighted by atomic mass is 79.9. The molecule has 110 valence electrons. The molecular formula is C13H11BrN2O4S. The van der Waals surface area contributed by atoms with Crippen LogP contribution in [0.5, 0.6) is 0 Å². The molecule has 21 heavy (non-hydrogen) atoms. The van der Waals surface area contributed by atoms with Crippen LogP contribution in [0.2, 0.25) is 0 Å². The predicted molar refractivity (Wildman–Crippen MR) is 80.9 cm³/mol. The van der Waals surface area contributed by atoms with Crippen molar-refractivity contribution in [3.8, 4) is 0 Å². The molecule has 0 aliphatic carbocycles. The summed E-state index contributed by atoms with van der Waals surface area (Å²) in [5.74, 6) is -1.20. The average molecular weight is 371 g/mol. The molecule has 6 nitrogen and oxygen atoms in total. The summed E-state index contributed by atoms with van der Waals surface area (Å²) in [6.07, 6.45) is 1.55. The van der Waals surface area contributed by atoms with Crippen molar-refractivity contribution >= 4 is 37.6 Å². The molecule has 0 aliphatic heterocycles. The van der Waals surface area contributed by atoms with Gasteiger partial charge < -0.3 is 5.11 Å². The van der Waals surface area contributed by atoms with Crippen molar-refractivity contribution in [2.45, 2.75) is 11.8 Å². The highest BCUT2D eigenvalue weighted by Gasteiger charge is 2.20. The SMILES string of the molecule is Cc1ncccc1NS(=O)(=O)c1cc(C(=O)O)ccc1Br. The zero-order valence-corrected chi connectivity index (χ0v) is 13.3. The number of halogens is 1. The Bertz CT molecular complexity index is 806. The molecule has 0 aliphatic rings. The quantitative estimate of drug-likeness (QED) is 0.862. The van der Waals surface area contributed by atoms with Crippen LogP contribution in [0, 0.1) is 6.92 Å². The van der Waals surface area contributed by atoms with E-state index in [0.717, 1.165) is 6.07 Å². The number of aryl methyl sites for hydroxylation is 1. The predicted octanol–water partition coefficient (Wildman–Crippen LogP) is 2.65. The molecule has 2 rings (SSSR count). The van der Waals surface area contributed by atoms with Crippen LogP contribution in [0.1, 0.15) is 16.1 Å². The van der Waals surface area contributed by atoms with Gasteiger partial charge in [0, 0.05) is 10.7 Å². The molecule has 0 bridgehead atoms. The lowest BCUT2D eigenvalue weighted by Gasteiger charge is -2.11. The molecular weight excluding hydrogens is 360 g/mol. The summed E-state index contributed by atoms with van der Waals surface area (Å²) in [5.41, 5.74) is 0.748. The summed E-state index contributed by atoms with van der Waals surface area (Å²) < 4.78 is 27.5. The van der Waals surface area contributed by atoms with Gasteiger partial charge in [0.15, 0.2) is 0 Å². The number of carbonyl (C=O) groups is 1. The van der Waals surface area contributed by atoms with Gasteiger partial charge in [0.1, 0.15) is 4.90 Å². The Labute approximate surface area is 130 Å². The van der Waals surface area contributed by atoms with Crippen molar-refractivity contribution in [3.05, 3.63) is 52.3 Å². The first kappa shape index (κ1) is 15.5. The zero-order valence-electron chi connectivity index (χ0n) is 10.9. The van der Waals surface area contributed by atoms with E-state index in [0.29, 0.717) is 11.4 Å². The highest BCUT2D eigenvalue weighted by Crippen LogP contribution is 2.26. The number of pyridine rings is 1. The third-order valence-electron chi connectivity index (χ3n) is 2.72. The van der Waals surface area contributed by atoms with Crippen LogP contribution in [0.25, 0.3) is 0 Å². The second-order valence-electron chi connectivity index (χ2n) is 4.19. The Morgan fingerprint density at radius 3 is 2.67 bits per heavy atom. The summed E-state index contributed by atoms with van der Waals surface area (Å²) in [6, 6.07) is 6.98. The number of sulfonamides is 1. The Kier molecular flexibility index (Phi) is 4.29. The van der Waals surface area contributed by atoms with Crippen LogP contribution >= 0.6 is 15.9 Å². The molecule has 2 N–H and O–H groups in total. The molecule has 0 saturated heterocycles. The first-order chi connectivity index (χ1) is 9.81. The van der Waals surface area contributed by atoms with E-state index in [2.05, 4.69) is 25.6 Å².